The van der Waals surface area contributed by atoms with Crippen LogP contribution in [-0.4, -0.2) is 24.3 Å². The van der Waals surface area contributed by atoms with Gasteiger partial charge >= 0.3 is 0 Å². The molecular weight excluding hydrogens is 360 g/mol. The number of para-hydroxylation sites is 1. The van der Waals surface area contributed by atoms with Gasteiger partial charge in [0.05, 0.1) is 9.93 Å². The third kappa shape index (κ3) is 4.78. The highest BCUT2D eigenvalue weighted by Gasteiger charge is 2.19. The van der Waals surface area contributed by atoms with E-state index in [-0.39, 0.29) is 11.1 Å². The van der Waals surface area contributed by atoms with Gasteiger partial charge in [-0.2, -0.15) is 4.99 Å². The first-order chi connectivity index (χ1) is 12.1. The van der Waals surface area contributed by atoms with Gasteiger partial charge in [-0.15, -0.1) is 0 Å². The Balaban J connectivity index is 1.49. The molecule has 3 rings (SSSR count). The molecule has 2 aromatic carbocycles. The Morgan fingerprint density at radius 3 is 2.48 bits per heavy atom. The minimum absolute atomic E-state index is 0.273. The number of nitrogens with zero attached hydrogens (tertiary/aromatic N) is 1. The van der Waals surface area contributed by atoms with Gasteiger partial charge in [-0.05, 0) is 47.7 Å². The molecule has 2 aromatic rings. The first-order valence-corrected chi connectivity index (χ1v) is 8.69. The first-order valence-electron chi connectivity index (χ1n) is 7.50. The molecule has 0 bridgehead atoms. The molecule has 0 radical (unpaired) electrons. The zero-order chi connectivity index (χ0) is 17.6. The number of amidine groups is 1. The van der Waals surface area contributed by atoms with E-state index in [1.165, 1.54) is 11.8 Å². The van der Waals surface area contributed by atoms with Crippen molar-refractivity contribution >= 4 is 40.5 Å². The maximum Gasteiger partial charge on any atom is 0.286 e. The van der Waals surface area contributed by atoms with Gasteiger partial charge in [0.2, 0.25) is 0 Å². The predicted molar refractivity (Wildman–Crippen MR) is 101 cm³/mol. The molecule has 1 aliphatic heterocycles. The number of rotatable bonds is 6. The van der Waals surface area contributed by atoms with Gasteiger partial charge in [-0.1, -0.05) is 35.9 Å². The van der Waals surface area contributed by atoms with Crippen molar-refractivity contribution in [3.8, 4) is 11.5 Å². The molecule has 0 saturated heterocycles. The van der Waals surface area contributed by atoms with Crippen LogP contribution < -0.4 is 15.2 Å². The Hall–Kier alpha value is -2.44. The monoisotopic (exact) mass is 374 g/mol. The summed E-state index contributed by atoms with van der Waals surface area (Å²) in [4.78, 5) is 15.7. The summed E-state index contributed by atoms with van der Waals surface area (Å²) in [5.41, 5.74) is 6.40. The van der Waals surface area contributed by atoms with Crippen LogP contribution in [0.4, 0.5) is 0 Å². The summed E-state index contributed by atoms with van der Waals surface area (Å²) in [5.74, 6) is 1.04. The number of nitrogens with two attached hydrogens (primary N) is 1. The van der Waals surface area contributed by atoms with Crippen LogP contribution >= 0.6 is 23.4 Å². The minimum atomic E-state index is -0.306. The van der Waals surface area contributed by atoms with Crippen molar-refractivity contribution in [3.05, 3.63) is 64.0 Å². The molecule has 0 saturated carbocycles. The molecule has 7 heteroatoms. The number of thioether (sulfide) groups is 1. The number of carbonyl (C=O) groups is 1. The van der Waals surface area contributed by atoms with E-state index < -0.39 is 0 Å². The van der Waals surface area contributed by atoms with Crippen LogP contribution in [0, 0.1) is 0 Å². The van der Waals surface area contributed by atoms with Crippen LogP contribution in [0.5, 0.6) is 11.5 Å². The molecule has 0 unspecified atom stereocenters. The largest absolute Gasteiger partial charge is 0.490 e. The molecule has 0 atom stereocenters. The molecule has 1 amide bonds. The maximum atomic E-state index is 11.6. The molecule has 0 aromatic heterocycles. The highest BCUT2D eigenvalue weighted by Crippen LogP contribution is 2.27. The molecule has 1 aliphatic rings. The average molecular weight is 375 g/mol. The number of halogens is 1. The molecule has 2 N–H and O–H groups in total. The summed E-state index contributed by atoms with van der Waals surface area (Å²) < 4.78 is 11.2. The predicted octanol–water partition coefficient (Wildman–Crippen LogP) is 3.73. The fourth-order valence-electron chi connectivity index (χ4n) is 2.11. The Morgan fingerprint density at radius 1 is 1.08 bits per heavy atom. The number of aliphatic imine (C=N–C) groups is 1. The molecule has 128 valence electrons. The highest BCUT2D eigenvalue weighted by atomic mass is 35.5. The minimum Gasteiger partial charge on any atom is -0.490 e. The van der Waals surface area contributed by atoms with E-state index in [0.29, 0.717) is 34.6 Å². The van der Waals surface area contributed by atoms with E-state index >= 15 is 0 Å². The number of hydrogen-bond acceptors (Lipinski definition) is 5. The second-order valence-corrected chi connectivity index (χ2v) is 6.53. The van der Waals surface area contributed by atoms with Crippen molar-refractivity contribution < 1.29 is 14.3 Å². The fraction of sp³-hybridized carbons (Fsp3) is 0.111. The summed E-state index contributed by atoms with van der Waals surface area (Å²) in [6, 6.07) is 14.7. The molecule has 5 nitrogen and oxygen atoms in total. The van der Waals surface area contributed by atoms with Crippen molar-refractivity contribution in [2.75, 3.05) is 13.2 Å². The fourth-order valence-corrected chi connectivity index (χ4v) is 2.98. The van der Waals surface area contributed by atoms with Crippen molar-refractivity contribution in [3.63, 3.8) is 0 Å². The lowest BCUT2D eigenvalue weighted by Gasteiger charge is -2.09. The molecule has 1 heterocycles. The first kappa shape index (κ1) is 17.4. The second-order valence-electron chi connectivity index (χ2n) is 5.06. The standard InChI is InChI=1S/C18H15ClN2O3S/c19-14-3-1-2-4-15(14)24-10-9-23-13-7-5-12(6-8-13)11-16-17(22)21-18(20)25-16/h1-8,11H,9-10H2,(H2,20,21,22)/b16-11+. The van der Waals surface area contributed by atoms with Crippen LogP contribution in [0.2, 0.25) is 5.02 Å². The van der Waals surface area contributed by atoms with Gasteiger partial charge in [0.1, 0.15) is 24.7 Å². The number of benzene rings is 2. The van der Waals surface area contributed by atoms with Crippen molar-refractivity contribution in [2.45, 2.75) is 0 Å². The molecule has 0 fully saturated rings. The van der Waals surface area contributed by atoms with Gasteiger partial charge in [0.15, 0.2) is 5.17 Å². The van der Waals surface area contributed by atoms with Gasteiger partial charge in [-0.25, -0.2) is 0 Å². The van der Waals surface area contributed by atoms with Crippen LogP contribution in [-0.2, 0) is 4.79 Å². The van der Waals surface area contributed by atoms with E-state index in [4.69, 9.17) is 26.8 Å². The summed E-state index contributed by atoms with van der Waals surface area (Å²) in [7, 11) is 0. The van der Waals surface area contributed by atoms with E-state index in [0.717, 1.165) is 5.56 Å². The topological polar surface area (TPSA) is 73.9 Å². The van der Waals surface area contributed by atoms with Gasteiger partial charge < -0.3 is 15.2 Å². The maximum absolute atomic E-state index is 11.6. The smallest absolute Gasteiger partial charge is 0.286 e. The SMILES string of the molecule is NC1=NC(=O)/C(=C\c2ccc(OCCOc3ccccc3Cl)cc2)S1. The van der Waals surface area contributed by atoms with E-state index in [2.05, 4.69) is 4.99 Å². The summed E-state index contributed by atoms with van der Waals surface area (Å²) in [6.45, 7) is 0.779. The lowest BCUT2D eigenvalue weighted by atomic mass is 10.2. The summed E-state index contributed by atoms with van der Waals surface area (Å²) in [5, 5.41) is 0.846. The van der Waals surface area contributed by atoms with Crippen LogP contribution in [0.3, 0.4) is 0 Å². The summed E-state index contributed by atoms with van der Waals surface area (Å²) >= 11 is 7.18. The number of amides is 1. The molecule has 0 spiro atoms. The molecule has 0 aliphatic carbocycles. The van der Waals surface area contributed by atoms with E-state index in [1.807, 2.05) is 42.5 Å². The van der Waals surface area contributed by atoms with Gasteiger partial charge in [-0.3, -0.25) is 4.79 Å². The number of ether oxygens (including phenoxy) is 2. The lowest BCUT2D eigenvalue weighted by molar-refractivity contribution is -0.113. The van der Waals surface area contributed by atoms with Gasteiger partial charge in [0.25, 0.3) is 5.91 Å². The highest BCUT2D eigenvalue weighted by molar-refractivity contribution is 8.18. The van der Waals surface area contributed by atoms with E-state index in [1.54, 1.807) is 12.1 Å². The Labute approximate surface area is 154 Å². The van der Waals surface area contributed by atoms with Crippen LogP contribution in [0.1, 0.15) is 5.56 Å². The van der Waals surface area contributed by atoms with Crippen LogP contribution in [0.25, 0.3) is 6.08 Å². The van der Waals surface area contributed by atoms with Crippen molar-refractivity contribution in [1.82, 2.24) is 0 Å². The Kier molecular flexibility index (Phi) is 5.63. The van der Waals surface area contributed by atoms with Crippen molar-refractivity contribution in [2.24, 2.45) is 10.7 Å². The molecular formula is C18H15ClN2O3S. The average Bonchev–Trinajstić information content (AvgIpc) is 2.92. The summed E-state index contributed by atoms with van der Waals surface area (Å²) in [6.07, 6.45) is 1.75. The third-order valence-electron chi connectivity index (χ3n) is 3.26. The number of hydrogen-bond donors (Lipinski definition) is 1. The van der Waals surface area contributed by atoms with Crippen LogP contribution in [0.15, 0.2) is 58.4 Å². The zero-order valence-corrected chi connectivity index (χ0v) is 14.7. The normalized spacial score (nSPS) is 15.3. The zero-order valence-electron chi connectivity index (χ0n) is 13.1. The van der Waals surface area contributed by atoms with Gasteiger partial charge in [0, 0.05) is 0 Å². The lowest BCUT2D eigenvalue weighted by Crippen LogP contribution is -2.09. The third-order valence-corrected chi connectivity index (χ3v) is 4.39. The number of carbonyl (C=O) groups excluding carboxylic acids is 1. The second kappa shape index (κ2) is 8.09. The molecule has 25 heavy (non-hydrogen) atoms. The Bertz CT molecular complexity index is 834. The van der Waals surface area contributed by atoms with E-state index in [9.17, 15) is 4.79 Å². The van der Waals surface area contributed by atoms with Crippen molar-refractivity contribution in [1.29, 1.82) is 0 Å². The quantitative estimate of drug-likeness (QED) is 0.616. The Morgan fingerprint density at radius 2 is 1.80 bits per heavy atom.